The predicted molar refractivity (Wildman–Crippen MR) is 92.2 cm³/mol. The second-order valence-electron chi connectivity index (χ2n) is 5.93. The number of carbonyl (C=O) groups excluding carboxylic acids is 4. The quantitative estimate of drug-likeness (QED) is 0.514. The highest BCUT2D eigenvalue weighted by atomic mass is 19.4. The van der Waals surface area contributed by atoms with Gasteiger partial charge in [0.15, 0.2) is 0 Å². The largest absolute Gasteiger partial charge is 0.465 e. The van der Waals surface area contributed by atoms with Crippen molar-refractivity contribution in [3.05, 3.63) is 35.4 Å². The molecule has 0 aromatic heterocycles. The van der Waals surface area contributed by atoms with Crippen LogP contribution in [0.15, 0.2) is 24.3 Å². The Morgan fingerprint density at radius 3 is 2.21 bits per heavy atom. The number of benzene rings is 1. The van der Waals surface area contributed by atoms with Crippen molar-refractivity contribution in [1.82, 2.24) is 10.6 Å². The van der Waals surface area contributed by atoms with E-state index in [0.717, 1.165) is 32.0 Å². The van der Waals surface area contributed by atoms with Crippen LogP contribution < -0.4 is 10.6 Å². The van der Waals surface area contributed by atoms with Gasteiger partial charge in [-0.05, 0) is 38.5 Å². The number of ether oxygens (including phenoxy) is 1. The van der Waals surface area contributed by atoms with E-state index < -0.39 is 53.8 Å². The predicted octanol–water partition coefficient (Wildman–Crippen LogP) is 2.40. The normalized spacial score (nSPS) is 12.2. The highest BCUT2D eigenvalue weighted by Gasteiger charge is 2.35. The molecule has 0 saturated heterocycles. The summed E-state index contributed by atoms with van der Waals surface area (Å²) in [6, 6.07) is 1.68. The third kappa shape index (κ3) is 6.67. The molecule has 1 atom stereocenters. The molecule has 0 radical (unpaired) electrons. The maximum Gasteiger partial charge on any atom is 0.416 e. The van der Waals surface area contributed by atoms with E-state index in [1.54, 1.807) is 6.92 Å². The Balaban J connectivity index is 3.17. The molecule has 7 nitrogen and oxygen atoms in total. The number of ketones is 2. The van der Waals surface area contributed by atoms with Gasteiger partial charge in [0, 0.05) is 0 Å². The van der Waals surface area contributed by atoms with Crippen molar-refractivity contribution in [2.75, 3.05) is 13.2 Å². The maximum absolute atomic E-state index is 13.0. The van der Waals surface area contributed by atoms with Crippen molar-refractivity contribution in [2.24, 2.45) is 5.92 Å². The molecule has 0 bridgehead atoms. The first kappa shape index (κ1) is 23.1. The van der Waals surface area contributed by atoms with Gasteiger partial charge in [-0.1, -0.05) is 12.1 Å². The molecule has 1 aromatic rings. The summed E-state index contributed by atoms with van der Waals surface area (Å²) >= 11 is 0. The number of hydrogen-bond acceptors (Lipinski definition) is 5. The average Bonchev–Trinajstić information content (AvgIpc) is 2.58. The van der Waals surface area contributed by atoms with Crippen molar-refractivity contribution < 1.29 is 37.1 Å². The molecule has 0 aliphatic heterocycles. The first-order valence-electron chi connectivity index (χ1n) is 8.35. The fourth-order valence-electron chi connectivity index (χ4n) is 2.58. The van der Waals surface area contributed by atoms with Crippen LogP contribution in [0.4, 0.5) is 18.0 Å². The monoisotopic (exact) mass is 402 g/mol. The van der Waals surface area contributed by atoms with Gasteiger partial charge < -0.3 is 15.4 Å². The van der Waals surface area contributed by atoms with E-state index in [1.807, 2.05) is 0 Å². The fourth-order valence-corrected chi connectivity index (χ4v) is 2.58. The highest BCUT2D eigenvalue weighted by Crippen LogP contribution is 2.32. The molecule has 0 aliphatic carbocycles. The number of rotatable bonds is 8. The zero-order chi connectivity index (χ0) is 21.5. The standard InChI is InChI=1S/C18H21F3N2O5/c1-4-28-14(26)9-22-17(27)23-16(15(10(2)24)11(3)25)12-6-5-7-13(8-12)18(19,20)21/h5-8,15-16H,4,9H2,1-3H3,(H2,22,23,27)/t16-/m0/s1. The number of esters is 1. The molecule has 0 heterocycles. The van der Waals surface area contributed by atoms with Crippen molar-refractivity contribution >= 4 is 23.6 Å². The van der Waals surface area contributed by atoms with Crippen LogP contribution in [0.5, 0.6) is 0 Å². The SMILES string of the molecule is CCOC(=O)CNC(=O)N[C@@H](c1cccc(C(F)(F)F)c1)C(C(C)=O)C(C)=O. The Hall–Kier alpha value is -2.91. The van der Waals surface area contributed by atoms with Gasteiger partial charge in [0.2, 0.25) is 0 Å². The summed E-state index contributed by atoms with van der Waals surface area (Å²) in [5.41, 5.74) is -1.06. The van der Waals surface area contributed by atoms with E-state index >= 15 is 0 Å². The number of hydrogen-bond donors (Lipinski definition) is 2. The third-order valence-electron chi connectivity index (χ3n) is 3.77. The van der Waals surface area contributed by atoms with Crippen molar-refractivity contribution in [3.63, 3.8) is 0 Å². The van der Waals surface area contributed by atoms with E-state index in [9.17, 15) is 32.3 Å². The summed E-state index contributed by atoms with van der Waals surface area (Å²) in [4.78, 5) is 47.3. The van der Waals surface area contributed by atoms with Gasteiger partial charge in [-0.25, -0.2) is 4.79 Å². The van der Waals surface area contributed by atoms with Crippen LogP contribution >= 0.6 is 0 Å². The van der Waals surface area contributed by atoms with Crippen molar-refractivity contribution in [3.8, 4) is 0 Å². The number of urea groups is 1. The lowest BCUT2D eigenvalue weighted by Gasteiger charge is -2.25. The summed E-state index contributed by atoms with van der Waals surface area (Å²) in [7, 11) is 0. The minimum Gasteiger partial charge on any atom is -0.465 e. The first-order chi connectivity index (χ1) is 13.0. The van der Waals surface area contributed by atoms with E-state index in [4.69, 9.17) is 0 Å². The summed E-state index contributed by atoms with van der Waals surface area (Å²) in [6.07, 6.45) is -4.64. The van der Waals surface area contributed by atoms with Crippen molar-refractivity contribution in [1.29, 1.82) is 0 Å². The molecule has 2 N–H and O–H groups in total. The number of alkyl halides is 3. The molecular formula is C18H21F3N2O5. The molecule has 0 fully saturated rings. The number of nitrogens with one attached hydrogen (secondary N) is 2. The topological polar surface area (TPSA) is 102 Å². The van der Waals surface area contributed by atoms with Gasteiger partial charge in [0.1, 0.15) is 24.0 Å². The van der Waals surface area contributed by atoms with Gasteiger partial charge in [0.25, 0.3) is 0 Å². The van der Waals surface area contributed by atoms with Gasteiger partial charge in [-0.3, -0.25) is 14.4 Å². The van der Waals surface area contributed by atoms with Crippen molar-refractivity contribution in [2.45, 2.75) is 33.0 Å². The summed E-state index contributed by atoms with van der Waals surface area (Å²) in [5.74, 6) is -3.36. The zero-order valence-corrected chi connectivity index (χ0v) is 15.6. The Kier molecular flexibility index (Phi) is 8.15. The van der Waals surface area contributed by atoms with Gasteiger partial charge in [-0.2, -0.15) is 13.2 Å². The molecule has 28 heavy (non-hydrogen) atoms. The summed E-state index contributed by atoms with van der Waals surface area (Å²) < 4.78 is 43.7. The summed E-state index contributed by atoms with van der Waals surface area (Å²) in [5, 5.41) is 4.48. The Morgan fingerprint density at radius 2 is 1.71 bits per heavy atom. The van der Waals surface area contributed by atoms with E-state index in [0.29, 0.717) is 0 Å². The molecule has 2 amide bonds. The number of carbonyl (C=O) groups is 4. The van der Waals surface area contributed by atoms with Crippen LogP contribution in [0.2, 0.25) is 0 Å². The van der Waals surface area contributed by atoms with Crippen LogP contribution in [0.1, 0.15) is 37.9 Å². The molecular weight excluding hydrogens is 381 g/mol. The first-order valence-corrected chi connectivity index (χ1v) is 8.35. The Bertz CT molecular complexity index is 735. The lowest BCUT2D eigenvalue weighted by molar-refractivity contribution is -0.142. The van der Waals surface area contributed by atoms with E-state index in [2.05, 4.69) is 15.4 Å². The lowest BCUT2D eigenvalue weighted by Crippen LogP contribution is -2.45. The number of halogens is 3. The molecule has 10 heteroatoms. The van der Waals surface area contributed by atoms with E-state index in [-0.39, 0.29) is 12.2 Å². The second kappa shape index (κ2) is 9.86. The van der Waals surface area contributed by atoms with Gasteiger partial charge in [-0.15, -0.1) is 0 Å². The Labute approximate surface area is 159 Å². The summed E-state index contributed by atoms with van der Waals surface area (Å²) in [6.45, 7) is 3.40. The van der Waals surface area contributed by atoms with Gasteiger partial charge in [0.05, 0.1) is 18.2 Å². The van der Waals surface area contributed by atoms with Crippen LogP contribution in [0, 0.1) is 5.92 Å². The minimum absolute atomic E-state index is 0.0727. The average molecular weight is 402 g/mol. The van der Waals surface area contributed by atoms with Crippen LogP contribution in [-0.4, -0.2) is 36.7 Å². The molecule has 154 valence electrons. The minimum atomic E-state index is -4.64. The van der Waals surface area contributed by atoms with E-state index in [1.165, 1.54) is 6.07 Å². The Morgan fingerprint density at radius 1 is 1.11 bits per heavy atom. The molecule has 1 rings (SSSR count). The number of Topliss-reactive ketones (excluding diaryl/α,β-unsaturated/α-hetero) is 2. The zero-order valence-electron chi connectivity index (χ0n) is 15.6. The smallest absolute Gasteiger partial charge is 0.416 e. The lowest BCUT2D eigenvalue weighted by atomic mass is 9.86. The second-order valence-corrected chi connectivity index (χ2v) is 5.93. The van der Waals surface area contributed by atoms with Crippen LogP contribution in [-0.2, 0) is 25.3 Å². The van der Waals surface area contributed by atoms with Crippen LogP contribution in [0.25, 0.3) is 0 Å². The highest BCUT2D eigenvalue weighted by molar-refractivity contribution is 6.01. The number of amides is 2. The maximum atomic E-state index is 13.0. The van der Waals surface area contributed by atoms with Gasteiger partial charge >= 0.3 is 18.2 Å². The molecule has 0 aliphatic rings. The van der Waals surface area contributed by atoms with Crippen LogP contribution in [0.3, 0.4) is 0 Å². The molecule has 0 saturated carbocycles. The molecule has 0 spiro atoms. The fraction of sp³-hybridized carbons (Fsp3) is 0.444. The molecule has 1 aromatic carbocycles. The third-order valence-corrected chi connectivity index (χ3v) is 3.77. The molecule has 0 unspecified atom stereocenters.